The van der Waals surface area contributed by atoms with Gasteiger partial charge in [0, 0.05) is 43.1 Å². The molecule has 13 aromatic rings. The molecular formula is C62H48N2. The number of hydrogen-bond donors (Lipinski definition) is 0. The van der Waals surface area contributed by atoms with Crippen molar-refractivity contribution in [3.63, 3.8) is 0 Å². The summed E-state index contributed by atoms with van der Waals surface area (Å²) in [6, 6.07) is 39.5. The van der Waals surface area contributed by atoms with Crippen LogP contribution in [0.1, 0.15) is 66.4 Å². The Bertz CT molecular complexity index is 4240. The average Bonchev–Trinajstić information content (AvgIpc) is 4.11. The highest BCUT2D eigenvalue weighted by molar-refractivity contribution is 6.32. The van der Waals surface area contributed by atoms with Crippen molar-refractivity contribution in [2.45, 2.75) is 52.4 Å². The highest BCUT2D eigenvalue weighted by Gasteiger charge is 2.27. The minimum atomic E-state index is -0.410. The van der Waals surface area contributed by atoms with Crippen molar-refractivity contribution in [2.24, 2.45) is 0 Å². The lowest BCUT2D eigenvalue weighted by Gasteiger charge is -2.19. The lowest BCUT2D eigenvalue weighted by atomic mass is 9.85. The van der Waals surface area contributed by atoms with Crippen LogP contribution in [0.4, 0.5) is 0 Å². The van der Waals surface area contributed by atoms with Crippen LogP contribution in [0.2, 0.25) is 0 Å². The third kappa shape index (κ3) is 5.26. The van der Waals surface area contributed by atoms with Gasteiger partial charge in [-0.05, 0) is 103 Å². The van der Waals surface area contributed by atoms with E-state index in [0.717, 1.165) is 98.4 Å². The van der Waals surface area contributed by atoms with Crippen molar-refractivity contribution in [1.29, 1.82) is 0 Å². The van der Waals surface area contributed by atoms with Crippen LogP contribution in [0.5, 0.6) is 0 Å². The molecule has 0 bridgehead atoms. The highest BCUT2D eigenvalue weighted by atomic mass is 14.9. The van der Waals surface area contributed by atoms with E-state index in [1.807, 2.05) is 48.5 Å². The summed E-state index contributed by atoms with van der Waals surface area (Å²) in [6.07, 6.45) is 0. The van der Waals surface area contributed by atoms with Crippen LogP contribution in [0.3, 0.4) is 0 Å². The van der Waals surface area contributed by atoms with Crippen molar-refractivity contribution in [2.75, 3.05) is 0 Å². The molecule has 0 saturated heterocycles. The van der Waals surface area contributed by atoms with Gasteiger partial charge in [0.2, 0.25) is 0 Å². The Labute approximate surface area is 387 Å². The first-order chi connectivity index (χ1) is 35.1. The summed E-state index contributed by atoms with van der Waals surface area (Å²) >= 11 is 0. The van der Waals surface area contributed by atoms with Crippen molar-refractivity contribution in [1.82, 2.24) is 8.80 Å². The zero-order valence-corrected chi connectivity index (χ0v) is 36.4. The molecule has 4 heterocycles. The summed E-state index contributed by atoms with van der Waals surface area (Å²) in [4.78, 5) is 0. The van der Waals surface area contributed by atoms with Crippen LogP contribution in [0, 0.1) is 0 Å². The van der Waals surface area contributed by atoms with E-state index >= 15 is 0 Å². The van der Waals surface area contributed by atoms with E-state index in [2.05, 4.69) is 123 Å². The van der Waals surface area contributed by atoms with Gasteiger partial charge < -0.3 is 8.80 Å². The normalized spacial score (nSPS) is 15.0. The SMILES string of the molecule is [2H]c1c([2H])c([2H])c(-c2ccc(-c3ccc4c5cc6c(cc5n5c7ccc(C(C)(C)C)cc7c3c45)c3ccc(-c4ccc(-c5c([2H])c([2H])c([2H])c([2H])c5[2H])cc4)c4c5cc(C(C)(C)C)ccc5n6c34)cc2)c([2H])c1[2H]. The maximum atomic E-state index is 8.64. The Hall–Kier alpha value is -7.42. The van der Waals surface area contributed by atoms with E-state index in [1.165, 1.54) is 11.1 Å². The van der Waals surface area contributed by atoms with E-state index in [-0.39, 0.29) is 70.3 Å². The standard InChI is InChI=1S/C62H48N2/c1-61(2,3)43-25-31-53-51(33-43)57-45(41-21-17-39(18-22-41)37-13-9-7-10-14-37)27-29-47-49-36-56-50(35-55(49)63(53)59(47)57)48-30-28-46(42-23-19-40(20-24-42)38-15-11-8-12-16-38)58-52-34-44(62(4,5)6)26-32-54(52)64(56)60(48)58/h7-36H,1-6H3/i7D,8D,9D,10D,11D,12D,13D,14D,15D,16D. The number of hydrogen-bond acceptors (Lipinski definition) is 0. The Morgan fingerprint density at radius 1 is 0.328 bits per heavy atom. The zero-order chi connectivity index (χ0) is 51.9. The zero-order valence-electron chi connectivity index (χ0n) is 46.4. The van der Waals surface area contributed by atoms with Gasteiger partial charge in [0.1, 0.15) is 0 Å². The topological polar surface area (TPSA) is 8.82 Å². The fourth-order valence-corrected chi connectivity index (χ4v) is 10.4. The molecule has 13 rings (SSSR count). The molecule has 2 nitrogen and oxygen atoms in total. The molecule has 0 aliphatic heterocycles. The van der Waals surface area contributed by atoms with Gasteiger partial charge in [-0.15, -0.1) is 0 Å². The molecule has 0 N–H and O–H groups in total. The van der Waals surface area contributed by atoms with E-state index in [1.54, 1.807) is 0 Å². The molecule has 0 amide bonds. The molecule has 306 valence electrons. The van der Waals surface area contributed by atoms with Crippen molar-refractivity contribution < 1.29 is 13.7 Å². The summed E-state index contributed by atoms with van der Waals surface area (Å²) in [6.45, 7) is 13.4. The van der Waals surface area contributed by atoms with Gasteiger partial charge in [-0.3, -0.25) is 0 Å². The second-order valence-electron chi connectivity index (χ2n) is 19.4. The number of aromatic nitrogens is 2. The Balaban J connectivity index is 1.06. The summed E-state index contributed by atoms with van der Waals surface area (Å²) < 4.78 is 88.9. The van der Waals surface area contributed by atoms with E-state index in [0.29, 0.717) is 11.1 Å². The van der Waals surface area contributed by atoms with Crippen molar-refractivity contribution in [3.05, 3.63) is 193 Å². The second kappa shape index (κ2) is 13.1. The van der Waals surface area contributed by atoms with Crippen molar-refractivity contribution in [3.8, 4) is 44.5 Å². The van der Waals surface area contributed by atoms with Gasteiger partial charge >= 0.3 is 0 Å². The summed E-state index contributed by atoms with van der Waals surface area (Å²) in [7, 11) is 0. The largest absolute Gasteiger partial charge is 0.308 e. The minimum Gasteiger partial charge on any atom is -0.308 e. The molecule has 0 saturated carbocycles. The second-order valence-corrected chi connectivity index (χ2v) is 19.4. The number of nitrogens with zero attached hydrogens (tertiary/aromatic N) is 2. The van der Waals surface area contributed by atoms with E-state index < -0.39 is 12.1 Å². The molecule has 9 aromatic carbocycles. The first kappa shape index (κ1) is 28.3. The first-order valence-electron chi connectivity index (χ1n) is 26.9. The maximum Gasteiger partial charge on any atom is 0.0629 e. The van der Waals surface area contributed by atoms with Crippen LogP contribution in [0.15, 0.2) is 182 Å². The van der Waals surface area contributed by atoms with Crippen LogP contribution in [0.25, 0.3) is 121 Å². The third-order valence-electron chi connectivity index (χ3n) is 13.7. The van der Waals surface area contributed by atoms with E-state index in [9.17, 15) is 0 Å². The quantitative estimate of drug-likeness (QED) is 0.167. The van der Waals surface area contributed by atoms with Crippen LogP contribution >= 0.6 is 0 Å². The van der Waals surface area contributed by atoms with Crippen molar-refractivity contribution >= 4 is 76.2 Å². The van der Waals surface area contributed by atoms with Crippen LogP contribution in [-0.4, -0.2) is 8.80 Å². The van der Waals surface area contributed by atoms with Gasteiger partial charge in [-0.1, -0.05) is 187 Å². The molecule has 0 radical (unpaired) electrons. The smallest absolute Gasteiger partial charge is 0.0629 e. The molecule has 0 fully saturated rings. The molecule has 4 aromatic heterocycles. The Morgan fingerprint density at radius 3 is 1.08 bits per heavy atom. The summed E-state index contributed by atoms with van der Waals surface area (Å²) in [5, 5.41) is 9.05. The predicted molar refractivity (Wildman–Crippen MR) is 275 cm³/mol. The van der Waals surface area contributed by atoms with Gasteiger partial charge in [-0.25, -0.2) is 0 Å². The van der Waals surface area contributed by atoms with Gasteiger partial charge in [-0.2, -0.15) is 0 Å². The fraction of sp³-hybridized carbons (Fsp3) is 0.129. The predicted octanol–water partition coefficient (Wildman–Crippen LogP) is 17.2. The van der Waals surface area contributed by atoms with Gasteiger partial charge in [0.25, 0.3) is 0 Å². The molecule has 0 spiro atoms. The lowest BCUT2D eigenvalue weighted by Crippen LogP contribution is -2.10. The van der Waals surface area contributed by atoms with Gasteiger partial charge in [0.15, 0.2) is 0 Å². The first-order valence-corrected chi connectivity index (χ1v) is 21.9. The molecule has 0 unspecified atom stereocenters. The molecule has 0 aliphatic carbocycles. The number of benzene rings is 9. The van der Waals surface area contributed by atoms with Crippen LogP contribution in [-0.2, 0) is 10.8 Å². The average molecular weight is 831 g/mol. The number of fused-ring (bicyclic) bond motifs is 12. The monoisotopic (exact) mass is 830 g/mol. The molecule has 2 heteroatoms. The molecule has 0 aliphatic rings. The van der Waals surface area contributed by atoms with Gasteiger partial charge in [0.05, 0.1) is 46.8 Å². The molecular weight excluding hydrogens is 773 g/mol. The maximum absolute atomic E-state index is 8.64. The highest BCUT2D eigenvalue weighted by Crippen LogP contribution is 2.49. The number of rotatable bonds is 4. The summed E-state index contributed by atoms with van der Waals surface area (Å²) in [5.74, 6) is 0. The Kier molecular flexibility index (Phi) is 5.78. The molecule has 64 heavy (non-hydrogen) atoms. The van der Waals surface area contributed by atoms with E-state index in [4.69, 9.17) is 13.7 Å². The minimum absolute atomic E-state index is 0.109. The lowest BCUT2D eigenvalue weighted by molar-refractivity contribution is 0.591. The Morgan fingerprint density at radius 2 is 0.703 bits per heavy atom. The molecule has 0 atom stereocenters. The fourth-order valence-electron chi connectivity index (χ4n) is 10.4. The van der Waals surface area contributed by atoms with Crippen LogP contribution < -0.4 is 0 Å². The third-order valence-corrected chi connectivity index (χ3v) is 13.7. The summed E-state index contributed by atoms with van der Waals surface area (Å²) in [5.41, 5.74) is 14.3.